The molecule has 106 valence electrons. The fourth-order valence-electron chi connectivity index (χ4n) is 2.25. The number of aryl methyl sites for hydroxylation is 1. The van der Waals surface area contributed by atoms with Crippen LogP contribution in [0.15, 0.2) is 0 Å². The van der Waals surface area contributed by atoms with E-state index in [2.05, 4.69) is 20.8 Å². The van der Waals surface area contributed by atoms with Crippen molar-refractivity contribution in [2.45, 2.75) is 45.1 Å². The van der Waals surface area contributed by atoms with Gasteiger partial charge in [-0.05, 0) is 38.0 Å². The van der Waals surface area contributed by atoms with Gasteiger partial charge in [0.15, 0.2) is 0 Å². The third-order valence-corrected chi connectivity index (χ3v) is 4.41. The van der Waals surface area contributed by atoms with Gasteiger partial charge < -0.3 is 10.4 Å². The molecular formula is C12H20N4O2S. The standard InChI is InChI=1S/C12H20N4O2S/c1-2-10-15-16-12(19-10)14-11(18)13-9-5-3-8(7-17)4-6-9/h8-9,17H,2-7H2,1H3,(H2,13,14,16,18). The summed E-state index contributed by atoms with van der Waals surface area (Å²) in [7, 11) is 0. The average Bonchev–Trinajstić information content (AvgIpc) is 2.87. The van der Waals surface area contributed by atoms with E-state index >= 15 is 0 Å². The summed E-state index contributed by atoms with van der Waals surface area (Å²) in [5, 5.41) is 24.0. The minimum Gasteiger partial charge on any atom is -0.396 e. The molecule has 0 atom stereocenters. The molecule has 0 spiro atoms. The van der Waals surface area contributed by atoms with Crippen LogP contribution < -0.4 is 10.6 Å². The van der Waals surface area contributed by atoms with Crippen molar-refractivity contribution in [2.75, 3.05) is 11.9 Å². The van der Waals surface area contributed by atoms with Gasteiger partial charge in [-0.15, -0.1) is 10.2 Å². The summed E-state index contributed by atoms with van der Waals surface area (Å²) >= 11 is 1.40. The van der Waals surface area contributed by atoms with Crippen molar-refractivity contribution in [2.24, 2.45) is 5.92 Å². The minimum absolute atomic E-state index is 0.196. The summed E-state index contributed by atoms with van der Waals surface area (Å²) in [6.07, 6.45) is 4.62. The quantitative estimate of drug-likeness (QED) is 0.786. The van der Waals surface area contributed by atoms with Crippen LogP contribution in [-0.2, 0) is 6.42 Å². The number of carbonyl (C=O) groups is 1. The topological polar surface area (TPSA) is 87.1 Å². The molecule has 1 aromatic rings. The van der Waals surface area contributed by atoms with Crippen molar-refractivity contribution in [3.05, 3.63) is 5.01 Å². The van der Waals surface area contributed by atoms with E-state index in [1.165, 1.54) is 11.3 Å². The van der Waals surface area contributed by atoms with E-state index in [9.17, 15) is 4.79 Å². The van der Waals surface area contributed by atoms with Crippen LogP contribution in [-0.4, -0.2) is 34.0 Å². The summed E-state index contributed by atoms with van der Waals surface area (Å²) in [4.78, 5) is 11.8. The Hall–Kier alpha value is -1.21. The van der Waals surface area contributed by atoms with Gasteiger partial charge in [0, 0.05) is 12.6 Å². The maximum absolute atomic E-state index is 11.8. The second-order valence-electron chi connectivity index (χ2n) is 4.85. The number of rotatable bonds is 4. The number of amides is 2. The van der Waals surface area contributed by atoms with E-state index < -0.39 is 0 Å². The van der Waals surface area contributed by atoms with Crippen LogP contribution in [0, 0.1) is 5.92 Å². The van der Waals surface area contributed by atoms with E-state index in [1.807, 2.05) is 6.92 Å². The number of nitrogens with zero attached hydrogens (tertiary/aromatic N) is 2. The van der Waals surface area contributed by atoms with Gasteiger partial charge in [-0.25, -0.2) is 4.79 Å². The van der Waals surface area contributed by atoms with Crippen LogP contribution in [0.3, 0.4) is 0 Å². The number of carbonyl (C=O) groups excluding carboxylic acids is 1. The molecule has 1 aliphatic carbocycles. The molecule has 19 heavy (non-hydrogen) atoms. The molecule has 1 aromatic heterocycles. The van der Waals surface area contributed by atoms with Crippen molar-refractivity contribution in [3.63, 3.8) is 0 Å². The monoisotopic (exact) mass is 284 g/mol. The molecule has 3 N–H and O–H groups in total. The number of aromatic nitrogens is 2. The molecule has 6 nitrogen and oxygen atoms in total. The Labute approximate surface area is 116 Å². The third kappa shape index (κ3) is 4.14. The van der Waals surface area contributed by atoms with E-state index in [1.54, 1.807) is 0 Å². The predicted octanol–water partition coefficient (Wildman–Crippen LogP) is 1.77. The molecule has 0 aromatic carbocycles. The van der Waals surface area contributed by atoms with Crippen LogP contribution in [0.2, 0.25) is 0 Å². The fourth-order valence-corrected chi connectivity index (χ4v) is 2.93. The highest BCUT2D eigenvalue weighted by Crippen LogP contribution is 2.23. The van der Waals surface area contributed by atoms with Gasteiger partial charge in [0.2, 0.25) is 5.13 Å². The SMILES string of the molecule is CCc1nnc(NC(=O)NC2CCC(CO)CC2)s1. The van der Waals surface area contributed by atoms with Gasteiger partial charge in [0.1, 0.15) is 5.01 Å². The first kappa shape index (κ1) is 14.2. The summed E-state index contributed by atoms with van der Waals surface area (Å²) in [5.41, 5.74) is 0. The van der Waals surface area contributed by atoms with Crippen LogP contribution in [0.25, 0.3) is 0 Å². The Morgan fingerprint density at radius 3 is 2.68 bits per heavy atom. The Bertz CT molecular complexity index is 416. The Kier molecular flexibility index (Phi) is 5.09. The highest BCUT2D eigenvalue weighted by Gasteiger charge is 2.22. The molecule has 0 radical (unpaired) electrons. The lowest BCUT2D eigenvalue weighted by Crippen LogP contribution is -2.40. The van der Waals surface area contributed by atoms with E-state index in [4.69, 9.17) is 5.11 Å². The number of aliphatic hydroxyl groups excluding tert-OH is 1. The lowest BCUT2D eigenvalue weighted by Gasteiger charge is -2.27. The third-order valence-electron chi connectivity index (χ3n) is 3.43. The van der Waals surface area contributed by atoms with Crippen LogP contribution >= 0.6 is 11.3 Å². The number of hydrogen-bond donors (Lipinski definition) is 3. The number of anilines is 1. The molecule has 0 bridgehead atoms. The molecule has 1 saturated carbocycles. The molecule has 2 rings (SSSR count). The van der Waals surface area contributed by atoms with Gasteiger partial charge in [-0.2, -0.15) is 0 Å². The highest BCUT2D eigenvalue weighted by molar-refractivity contribution is 7.15. The summed E-state index contributed by atoms with van der Waals surface area (Å²) in [5.74, 6) is 0.399. The molecule has 0 saturated heterocycles. The summed E-state index contributed by atoms with van der Waals surface area (Å²) < 4.78 is 0. The number of urea groups is 1. The molecular weight excluding hydrogens is 264 g/mol. The number of nitrogens with one attached hydrogen (secondary N) is 2. The van der Waals surface area contributed by atoms with Gasteiger partial charge in [0.25, 0.3) is 0 Å². The number of aliphatic hydroxyl groups is 1. The number of hydrogen-bond acceptors (Lipinski definition) is 5. The van der Waals surface area contributed by atoms with Crippen molar-refractivity contribution in [1.29, 1.82) is 0 Å². The fraction of sp³-hybridized carbons (Fsp3) is 0.750. The first-order valence-electron chi connectivity index (χ1n) is 6.72. The molecule has 2 amide bonds. The summed E-state index contributed by atoms with van der Waals surface area (Å²) in [6, 6.07) is -0.0207. The smallest absolute Gasteiger partial charge is 0.321 e. The van der Waals surface area contributed by atoms with Gasteiger partial charge in [-0.3, -0.25) is 5.32 Å². The first-order valence-corrected chi connectivity index (χ1v) is 7.53. The Morgan fingerprint density at radius 2 is 2.11 bits per heavy atom. The van der Waals surface area contributed by atoms with E-state index in [-0.39, 0.29) is 18.7 Å². The van der Waals surface area contributed by atoms with Crippen molar-refractivity contribution < 1.29 is 9.90 Å². The molecule has 1 heterocycles. The molecule has 7 heteroatoms. The first-order chi connectivity index (χ1) is 9.21. The highest BCUT2D eigenvalue weighted by atomic mass is 32.1. The normalized spacial score (nSPS) is 23.1. The maximum atomic E-state index is 11.8. The van der Waals surface area contributed by atoms with Crippen molar-refractivity contribution in [1.82, 2.24) is 15.5 Å². The zero-order chi connectivity index (χ0) is 13.7. The predicted molar refractivity (Wildman–Crippen MR) is 74.3 cm³/mol. The second kappa shape index (κ2) is 6.81. The van der Waals surface area contributed by atoms with E-state index in [0.717, 1.165) is 37.1 Å². The molecule has 1 fully saturated rings. The minimum atomic E-state index is -0.216. The van der Waals surface area contributed by atoms with Crippen LogP contribution in [0.5, 0.6) is 0 Å². The van der Waals surface area contributed by atoms with E-state index in [0.29, 0.717) is 11.0 Å². The average molecular weight is 284 g/mol. The molecule has 1 aliphatic rings. The molecule has 0 aliphatic heterocycles. The Balaban J connectivity index is 1.75. The largest absolute Gasteiger partial charge is 0.396 e. The lowest BCUT2D eigenvalue weighted by molar-refractivity contribution is 0.176. The summed E-state index contributed by atoms with van der Waals surface area (Å²) in [6.45, 7) is 2.26. The van der Waals surface area contributed by atoms with Crippen LogP contribution in [0.4, 0.5) is 9.93 Å². The zero-order valence-electron chi connectivity index (χ0n) is 11.1. The van der Waals surface area contributed by atoms with Gasteiger partial charge >= 0.3 is 6.03 Å². The Morgan fingerprint density at radius 1 is 1.37 bits per heavy atom. The molecule has 0 unspecified atom stereocenters. The van der Waals surface area contributed by atoms with Crippen LogP contribution in [0.1, 0.15) is 37.6 Å². The lowest BCUT2D eigenvalue weighted by atomic mass is 9.87. The maximum Gasteiger partial charge on any atom is 0.321 e. The van der Waals surface area contributed by atoms with Gasteiger partial charge in [-0.1, -0.05) is 18.3 Å². The van der Waals surface area contributed by atoms with Crippen molar-refractivity contribution >= 4 is 22.5 Å². The van der Waals surface area contributed by atoms with Gasteiger partial charge in [0.05, 0.1) is 0 Å². The van der Waals surface area contributed by atoms with Crippen molar-refractivity contribution in [3.8, 4) is 0 Å². The second-order valence-corrected chi connectivity index (χ2v) is 5.92. The zero-order valence-corrected chi connectivity index (χ0v) is 11.9.